The number of rotatable bonds is 4. The van der Waals surface area contributed by atoms with Crippen molar-refractivity contribution in [3.8, 4) is 0 Å². The molecule has 1 N–H and O–H groups in total. The Morgan fingerprint density at radius 2 is 1.85 bits per heavy atom. The Balaban J connectivity index is 2.84. The number of nitrogens with zero attached hydrogens (tertiary/aromatic N) is 1. The Kier molecular flexibility index (Phi) is 4.77. The van der Waals surface area contributed by atoms with Gasteiger partial charge in [-0.3, -0.25) is 4.98 Å². The van der Waals surface area contributed by atoms with Crippen molar-refractivity contribution in [3.63, 3.8) is 0 Å². The summed E-state index contributed by atoms with van der Waals surface area (Å²) in [7, 11) is 0. The zero-order valence-electron chi connectivity index (χ0n) is 12.3. The molecule has 2 aromatic rings. The second-order valence-corrected chi connectivity index (χ2v) is 6.13. The fourth-order valence-electron chi connectivity index (χ4n) is 2.57. The van der Waals surface area contributed by atoms with Crippen molar-refractivity contribution in [2.24, 2.45) is 0 Å². The van der Waals surface area contributed by atoms with Crippen LogP contribution in [-0.4, -0.2) is 11.5 Å². The second-order valence-electron chi connectivity index (χ2n) is 5.32. The van der Waals surface area contributed by atoms with E-state index in [0.717, 1.165) is 35.2 Å². The number of hydrogen-bond acceptors (Lipinski definition) is 2. The van der Waals surface area contributed by atoms with Gasteiger partial charge in [-0.15, -0.1) is 0 Å². The van der Waals surface area contributed by atoms with Gasteiger partial charge in [-0.2, -0.15) is 0 Å². The van der Waals surface area contributed by atoms with Crippen LogP contribution in [0, 0.1) is 6.92 Å². The first-order valence-electron chi connectivity index (χ1n) is 6.99. The molecule has 108 valence electrons. The summed E-state index contributed by atoms with van der Waals surface area (Å²) >= 11 is 12.7. The third kappa shape index (κ3) is 2.72. The topological polar surface area (TPSA) is 24.9 Å². The minimum atomic E-state index is 0.376. The maximum atomic E-state index is 6.40. The van der Waals surface area contributed by atoms with Gasteiger partial charge in [0, 0.05) is 17.6 Å². The van der Waals surface area contributed by atoms with Gasteiger partial charge in [0.15, 0.2) is 0 Å². The van der Waals surface area contributed by atoms with E-state index in [1.54, 1.807) is 6.07 Å². The first kappa shape index (κ1) is 15.4. The van der Waals surface area contributed by atoms with Crippen LogP contribution in [0.25, 0.3) is 10.9 Å². The van der Waals surface area contributed by atoms with Gasteiger partial charge >= 0.3 is 0 Å². The van der Waals surface area contributed by atoms with Crippen LogP contribution in [0.2, 0.25) is 10.0 Å². The van der Waals surface area contributed by atoms with Crippen LogP contribution < -0.4 is 5.32 Å². The van der Waals surface area contributed by atoms with Crippen molar-refractivity contribution in [1.82, 2.24) is 4.98 Å². The second kappa shape index (κ2) is 6.19. The van der Waals surface area contributed by atoms with Crippen molar-refractivity contribution in [1.29, 1.82) is 0 Å². The number of hydrogen-bond donors (Lipinski definition) is 1. The summed E-state index contributed by atoms with van der Waals surface area (Å²) in [4.78, 5) is 4.67. The van der Waals surface area contributed by atoms with Crippen molar-refractivity contribution < 1.29 is 0 Å². The molecule has 0 bridgehead atoms. The van der Waals surface area contributed by atoms with Crippen LogP contribution in [0.1, 0.15) is 44.4 Å². The monoisotopic (exact) mass is 310 g/mol. The molecule has 2 rings (SSSR count). The molecular formula is C16H20Cl2N2. The Bertz CT molecular complexity index is 636. The summed E-state index contributed by atoms with van der Waals surface area (Å²) in [6, 6.07) is 3.64. The van der Waals surface area contributed by atoms with Crippen molar-refractivity contribution in [3.05, 3.63) is 33.4 Å². The quantitative estimate of drug-likeness (QED) is 0.772. The predicted octanol–water partition coefficient (Wildman–Crippen LogP) is 5.80. The van der Waals surface area contributed by atoms with E-state index in [0.29, 0.717) is 16.0 Å². The number of pyridine rings is 1. The fourth-order valence-corrected chi connectivity index (χ4v) is 3.02. The van der Waals surface area contributed by atoms with Crippen molar-refractivity contribution in [2.45, 2.75) is 40.0 Å². The van der Waals surface area contributed by atoms with E-state index in [1.807, 2.05) is 13.0 Å². The Labute approximate surface area is 130 Å². The first-order valence-corrected chi connectivity index (χ1v) is 7.75. The Morgan fingerprint density at radius 1 is 1.20 bits per heavy atom. The van der Waals surface area contributed by atoms with E-state index in [4.69, 9.17) is 23.2 Å². The maximum Gasteiger partial charge on any atom is 0.0927 e. The number of anilines is 1. The van der Waals surface area contributed by atoms with Crippen LogP contribution in [-0.2, 0) is 0 Å². The predicted molar refractivity (Wildman–Crippen MR) is 89.4 cm³/mol. The molecule has 0 aliphatic rings. The minimum absolute atomic E-state index is 0.376. The van der Waals surface area contributed by atoms with E-state index < -0.39 is 0 Å². The molecule has 4 heteroatoms. The van der Waals surface area contributed by atoms with E-state index in [2.05, 4.69) is 31.1 Å². The number of benzene rings is 1. The van der Waals surface area contributed by atoms with Gasteiger partial charge in [0.1, 0.15) is 0 Å². The standard InChI is InChI=1S/C16H20Cl2N2/c1-5-8-19-16-13(9(2)3)10(4)20-15-12(18)7-6-11(17)14(15)16/h6-7,9H,5,8H2,1-4H3,(H,19,20). The molecule has 0 spiro atoms. The summed E-state index contributed by atoms with van der Waals surface area (Å²) in [5, 5.41) is 5.78. The van der Waals surface area contributed by atoms with Crippen LogP contribution in [0.4, 0.5) is 5.69 Å². The molecule has 0 aliphatic heterocycles. The zero-order valence-corrected chi connectivity index (χ0v) is 13.9. The van der Waals surface area contributed by atoms with Gasteiger partial charge in [-0.25, -0.2) is 0 Å². The average molecular weight is 311 g/mol. The highest BCUT2D eigenvalue weighted by Crippen LogP contribution is 2.39. The highest BCUT2D eigenvalue weighted by Gasteiger charge is 2.18. The molecule has 0 radical (unpaired) electrons. The van der Waals surface area contributed by atoms with E-state index >= 15 is 0 Å². The molecule has 0 aliphatic carbocycles. The largest absolute Gasteiger partial charge is 0.384 e. The normalized spacial score (nSPS) is 11.3. The van der Waals surface area contributed by atoms with Gasteiger partial charge in [0.25, 0.3) is 0 Å². The van der Waals surface area contributed by atoms with Gasteiger partial charge in [0.05, 0.1) is 21.2 Å². The number of fused-ring (bicyclic) bond motifs is 1. The average Bonchev–Trinajstić information content (AvgIpc) is 2.39. The molecule has 1 aromatic heterocycles. The molecule has 0 saturated carbocycles. The molecule has 1 aromatic carbocycles. The van der Waals surface area contributed by atoms with Crippen LogP contribution >= 0.6 is 23.2 Å². The lowest BCUT2D eigenvalue weighted by atomic mass is 9.96. The molecule has 1 heterocycles. The lowest BCUT2D eigenvalue weighted by Crippen LogP contribution is -2.08. The highest BCUT2D eigenvalue weighted by molar-refractivity contribution is 6.41. The summed E-state index contributed by atoms with van der Waals surface area (Å²) in [5.41, 5.74) is 4.09. The molecule has 0 saturated heterocycles. The highest BCUT2D eigenvalue weighted by atomic mass is 35.5. The van der Waals surface area contributed by atoms with Gasteiger partial charge in [-0.1, -0.05) is 44.0 Å². The lowest BCUT2D eigenvalue weighted by Gasteiger charge is -2.20. The fraction of sp³-hybridized carbons (Fsp3) is 0.438. The molecule has 0 fully saturated rings. The van der Waals surface area contributed by atoms with Crippen LogP contribution in [0.15, 0.2) is 12.1 Å². The molecule has 0 amide bonds. The third-order valence-corrected chi connectivity index (χ3v) is 4.02. The third-order valence-electron chi connectivity index (χ3n) is 3.40. The van der Waals surface area contributed by atoms with E-state index in [-0.39, 0.29) is 0 Å². The minimum Gasteiger partial charge on any atom is -0.384 e. The molecule has 0 unspecified atom stereocenters. The number of aromatic nitrogens is 1. The Hall–Kier alpha value is -0.990. The van der Waals surface area contributed by atoms with E-state index in [9.17, 15) is 0 Å². The number of aryl methyl sites for hydroxylation is 1. The van der Waals surface area contributed by atoms with E-state index in [1.165, 1.54) is 5.56 Å². The Morgan fingerprint density at radius 3 is 2.45 bits per heavy atom. The SMILES string of the molecule is CCCNc1c(C(C)C)c(C)nc2c(Cl)ccc(Cl)c12. The number of halogens is 2. The molecular weight excluding hydrogens is 291 g/mol. The summed E-state index contributed by atoms with van der Waals surface area (Å²) in [6.45, 7) is 9.42. The first-order chi connectivity index (χ1) is 9.47. The van der Waals surface area contributed by atoms with Gasteiger partial charge < -0.3 is 5.32 Å². The molecule has 20 heavy (non-hydrogen) atoms. The molecule has 2 nitrogen and oxygen atoms in total. The summed E-state index contributed by atoms with van der Waals surface area (Å²) in [6.07, 6.45) is 1.05. The van der Waals surface area contributed by atoms with Crippen LogP contribution in [0.5, 0.6) is 0 Å². The van der Waals surface area contributed by atoms with Crippen molar-refractivity contribution >= 4 is 39.8 Å². The lowest BCUT2D eigenvalue weighted by molar-refractivity contribution is 0.845. The zero-order chi connectivity index (χ0) is 14.9. The van der Waals surface area contributed by atoms with Gasteiger partial charge in [-0.05, 0) is 37.0 Å². The maximum absolute atomic E-state index is 6.40. The van der Waals surface area contributed by atoms with Crippen molar-refractivity contribution in [2.75, 3.05) is 11.9 Å². The smallest absolute Gasteiger partial charge is 0.0927 e. The van der Waals surface area contributed by atoms with Crippen LogP contribution in [0.3, 0.4) is 0 Å². The molecule has 0 atom stereocenters. The summed E-state index contributed by atoms with van der Waals surface area (Å²) in [5.74, 6) is 0.376. The van der Waals surface area contributed by atoms with Gasteiger partial charge in [0.2, 0.25) is 0 Å². The number of nitrogens with one attached hydrogen (secondary N) is 1. The summed E-state index contributed by atoms with van der Waals surface area (Å²) < 4.78 is 0.